The molecular weight excluding hydrogens is 365 g/mol. The summed E-state index contributed by atoms with van der Waals surface area (Å²) in [4.78, 5) is 0. The lowest BCUT2D eigenvalue weighted by molar-refractivity contribution is -0.137. The molecule has 7 heteroatoms. The first-order chi connectivity index (χ1) is 10.4. The van der Waals surface area contributed by atoms with E-state index in [1.54, 1.807) is 12.1 Å². The molecule has 3 rings (SSSR count). The Labute approximate surface area is 132 Å². The molecule has 0 amide bonds. The van der Waals surface area contributed by atoms with Crippen LogP contribution in [0, 0.1) is 0 Å². The summed E-state index contributed by atoms with van der Waals surface area (Å²) in [5.74, 6) is 1.50. The second kappa shape index (κ2) is 5.72. The normalized spacial score (nSPS) is 13.8. The predicted octanol–water partition coefficient (Wildman–Crippen LogP) is 5.03. The molecule has 0 fully saturated rings. The molecule has 0 saturated heterocycles. The van der Waals surface area contributed by atoms with Gasteiger partial charge in [0.1, 0.15) is 24.7 Å². The van der Waals surface area contributed by atoms with Crippen LogP contribution in [0.15, 0.2) is 40.9 Å². The number of rotatable bonds is 2. The third-order valence-electron chi connectivity index (χ3n) is 2.97. The summed E-state index contributed by atoms with van der Waals surface area (Å²) in [6, 6.07) is 7.90. The van der Waals surface area contributed by atoms with Crippen molar-refractivity contribution in [1.82, 2.24) is 0 Å². The minimum atomic E-state index is -4.41. The molecule has 0 saturated carbocycles. The zero-order valence-electron chi connectivity index (χ0n) is 11.1. The SMILES string of the molecule is FC(F)(F)c1cccc(Oc2cc(Br)c3c(c2)OCCO3)c1. The second-order valence-corrected chi connectivity index (χ2v) is 5.41. The average molecular weight is 375 g/mol. The molecule has 0 N–H and O–H groups in total. The average Bonchev–Trinajstić information content (AvgIpc) is 2.47. The fourth-order valence-corrected chi connectivity index (χ4v) is 2.55. The van der Waals surface area contributed by atoms with Crippen LogP contribution in [-0.4, -0.2) is 13.2 Å². The number of hydrogen-bond donors (Lipinski definition) is 0. The van der Waals surface area contributed by atoms with Crippen LogP contribution in [0.2, 0.25) is 0 Å². The molecule has 0 radical (unpaired) electrons. The summed E-state index contributed by atoms with van der Waals surface area (Å²) in [5, 5.41) is 0. The molecule has 1 aliphatic rings. The molecule has 0 atom stereocenters. The Balaban J connectivity index is 1.89. The first-order valence-corrected chi connectivity index (χ1v) is 7.17. The minimum Gasteiger partial charge on any atom is -0.486 e. The number of alkyl halides is 3. The van der Waals surface area contributed by atoms with Crippen molar-refractivity contribution in [2.24, 2.45) is 0 Å². The van der Waals surface area contributed by atoms with Crippen molar-refractivity contribution >= 4 is 15.9 Å². The summed E-state index contributed by atoms with van der Waals surface area (Å²) in [7, 11) is 0. The highest BCUT2D eigenvalue weighted by atomic mass is 79.9. The van der Waals surface area contributed by atoms with Gasteiger partial charge < -0.3 is 14.2 Å². The van der Waals surface area contributed by atoms with Gasteiger partial charge in [-0.2, -0.15) is 13.2 Å². The highest BCUT2D eigenvalue weighted by Gasteiger charge is 2.30. The number of ether oxygens (including phenoxy) is 3. The van der Waals surface area contributed by atoms with Crippen molar-refractivity contribution in [1.29, 1.82) is 0 Å². The van der Waals surface area contributed by atoms with Gasteiger partial charge >= 0.3 is 6.18 Å². The van der Waals surface area contributed by atoms with Gasteiger partial charge in [0.25, 0.3) is 0 Å². The van der Waals surface area contributed by atoms with E-state index < -0.39 is 11.7 Å². The van der Waals surface area contributed by atoms with Crippen molar-refractivity contribution in [3.8, 4) is 23.0 Å². The van der Waals surface area contributed by atoms with Crippen molar-refractivity contribution in [2.75, 3.05) is 13.2 Å². The van der Waals surface area contributed by atoms with Gasteiger partial charge in [-0.25, -0.2) is 0 Å². The lowest BCUT2D eigenvalue weighted by Crippen LogP contribution is -2.15. The first kappa shape index (κ1) is 15.0. The molecule has 0 aliphatic carbocycles. The maximum absolute atomic E-state index is 12.7. The summed E-state index contributed by atoms with van der Waals surface area (Å²) in [6.07, 6.45) is -4.41. The van der Waals surface area contributed by atoms with E-state index in [0.29, 0.717) is 34.9 Å². The predicted molar refractivity (Wildman–Crippen MR) is 76.7 cm³/mol. The molecule has 0 bridgehead atoms. The van der Waals surface area contributed by atoms with Gasteiger partial charge in [-0.1, -0.05) is 6.07 Å². The van der Waals surface area contributed by atoms with Gasteiger partial charge in [-0.05, 0) is 40.2 Å². The smallest absolute Gasteiger partial charge is 0.416 e. The molecule has 1 aliphatic heterocycles. The Morgan fingerprint density at radius 1 is 1.00 bits per heavy atom. The number of fused-ring (bicyclic) bond motifs is 1. The Bertz CT molecular complexity index is 701. The zero-order valence-corrected chi connectivity index (χ0v) is 12.7. The maximum atomic E-state index is 12.7. The Kier molecular flexibility index (Phi) is 3.90. The standard InChI is InChI=1S/C15H10BrF3O3/c16-12-7-11(8-13-14(12)21-5-4-20-13)22-10-3-1-2-9(6-10)15(17,18)19/h1-3,6-8H,4-5H2. The van der Waals surface area contributed by atoms with E-state index >= 15 is 0 Å². The van der Waals surface area contributed by atoms with Crippen LogP contribution in [-0.2, 0) is 6.18 Å². The Morgan fingerprint density at radius 3 is 2.55 bits per heavy atom. The van der Waals surface area contributed by atoms with Crippen molar-refractivity contribution in [3.63, 3.8) is 0 Å². The maximum Gasteiger partial charge on any atom is 0.416 e. The lowest BCUT2D eigenvalue weighted by Gasteiger charge is -2.20. The van der Waals surface area contributed by atoms with Crippen LogP contribution < -0.4 is 14.2 Å². The molecule has 0 spiro atoms. The first-order valence-electron chi connectivity index (χ1n) is 6.38. The van der Waals surface area contributed by atoms with Gasteiger partial charge in [0.05, 0.1) is 10.0 Å². The highest BCUT2D eigenvalue weighted by Crippen LogP contribution is 2.42. The molecule has 116 valence electrons. The molecule has 3 nitrogen and oxygen atoms in total. The monoisotopic (exact) mass is 374 g/mol. The minimum absolute atomic E-state index is 0.0957. The number of hydrogen-bond acceptors (Lipinski definition) is 3. The number of benzene rings is 2. The Hall–Kier alpha value is -1.89. The van der Waals surface area contributed by atoms with Gasteiger partial charge in [-0.15, -0.1) is 0 Å². The van der Waals surface area contributed by atoms with Crippen molar-refractivity contribution in [2.45, 2.75) is 6.18 Å². The van der Waals surface area contributed by atoms with Crippen LogP contribution in [0.25, 0.3) is 0 Å². The topological polar surface area (TPSA) is 27.7 Å². The van der Waals surface area contributed by atoms with Crippen molar-refractivity contribution < 1.29 is 27.4 Å². The summed E-state index contributed by atoms with van der Waals surface area (Å²) in [6.45, 7) is 0.853. The third-order valence-corrected chi connectivity index (χ3v) is 3.56. The van der Waals surface area contributed by atoms with Crippen LogP contribution in [0.3, 0.4) is 0 Å². The molecule has 22 heavy (non-hydrogen) atoms. The van der Waals surface area contributed by atoms with Gasteiger partial charge in [0, 0.05) is 6.07 Å². The molecule has 2 aromatic rings. The van der Waals surface area contributed by atoms with E-state index in [4.69, 9.17) is 14.2 Å². The van der Waals surface area contributed by atoms with Crippen LogP contribution in [0.4, 0.5) is 13.2 Å². The summed E-state index contributed by atoms with van der Waals surface area (Å²) in [5.41, 5.74) is -0.762. The molecule has 2 aromatic carbocycles. The third kappa shape index (κ3) is 3.14. The zero-order chi connectivity index (χ0) is 15.7. The van der Waals surface area contributed by atoms with E-state index in [2.05, 4.69) is 15.9 Å². The van der Waals surface area contributed by atoms with Gasteiger partial charge in [0.2, 0.25) is 0 Å². The fourth-order valence-electron chi connectivity index (χ4n) is 2.02. The molecule has 0 aromatic heterocycles. The van der Waals surface area contributed by atoms with E-state index in [1.165, 1.54) is 12.1 Å². The van der Waals surface area contributed by atoms with Crippen LogP contribution in [0.5, 0.6) is 23.0 Å². The highest BCUT2D eigenvalue weighted by molar-refractivity contribution is 9.10. The molecule has 0 unspecified atom stereocenters. The fraction of sp³-hybridized carbons (Fsp3) is 0.200. The number of halogens is 4. The van der Waals surface area contributed by atoms with E-state index in [-0.39, 0.29) is 5.75 Å². The quantitative estimate of drug-likeness (QED) is 0.737. The van der Waals surface area contributed by atoms with Gasteiger partial charge in [0.15, 0.2) is 11.5 Å². The second-order valence-electron chi connectivity index (χ2n) is 4.56. The summed E-state index contributed by atoms with van der Waals surface area (Å²) >= 11 is 3.33. The largest absolute Gasteiger partial charge is 0.486 e. The van der Waals surface area contributed by atoms with Crippen molar-refractivity contribution in [3.05, 3.63) is 46.4 Å². The van der Waals surface area contributed by atoms with Crippen LogP contribution in [0.1, 0.15) is 5.56 Å². The Morgan fingerprint density at radius 2 is 1.77 bits per heavy atom. The molecule has 1 heterocycles. The van der Waals surface area contributed by atoms with E-state index in [0.717, 1.165) is 12.1 Å². The van der Waals surface area contributed by atoms with Gasteiger partial charge in [-0.3, -0.25) is 0 Å². The molecular formula is C15H10BrF3O3. The lowest BCUT2D eigenvalue weighted by atomic mass is 10.2. The summed E-state index contributed by atoms with van der Waals surface area (Å²) < 4.78 is 55.1. The van der Waals surface area contributed by atoms with Crippen LogP contribution >= 0.6 is 15.9 Å². The van der Waals surface area contributed by atoms with E-state index in [9.17, 15) is 13.2 Å². The van der Waals surface area contributed by atoms with E-state index in [1.807, 2.05) is 0 Å².